The van der Waals surface area contributed by atoms with Crippen LogP contribution >= 0.6 is 11.6 Å². The highest BCUT2D eigenvalue weighted by molar-refractivity contribution is 6.30. The van der Waals surface area contributed by atoms with Gasteiger partial charge in [0.15, 0.2) is 5.60 Å². The minimum Gasteiger partial charge on any atom is -0.453 e. The number of pyridine rings is 1. The lowest BCUT2D eigenvalue weighted by Gasteiger charge is -2.35. The monoisotopic (exact) mass is 603 g/mol. The van der Waals surface area contributed by atoms with Gasteiger partial charge >= 0.3 is 12.2 Å². The van der Waals surface area contributed by atoms with Crippen LogP contribution in [0.25, 0.3) is 11.1 Å². The largest absolute Gasteiger partial charge is 0.453 e. The molecule has 2 atom stereocenters. The Labute approximate surface area is 252 Å². The van der Waals surface area contributed by atoms with Crippen molar-refractivity contribution in [2.24, 2.45) is 0 Å². The van der Waals surface area contributed by atoms with Crippen LogP contribution in [0.2, 0.25) is 5.02 Å². The molecule has 0 saturated carbocycles. The van der Waals surface area contributed by atoms with Gasteiger partial charge in [0.05, 0.1) is 36.6 Å². The highest BCUT2D eigenvalue weighted by Crippen LogP contribution is 2.45. The Morgan fingerprint density at radius 1 is 1.09 bits per heavy atom. The number of rotatable bonds is 2. The van der Waals surface area contributed by atoms with Crippen LogP contribution in [-0.4, -0.2) is 54.1 Å². The number of ether oxygens (including phenoxy) is 2. The maximum absolute atomic E-state index is 14.2. The molecule has 43 heavy (non-hydrogen) atoms. The van der Waals surface area contributed by atoms with Crippen molar-refractivity contribution in [3.8, 4) is 11.1 Å². The SMILES string of the molecule is COC(=O)Nc1ccc2c(c1)NC(=O)CCCC[C@@H](C(=O)N1CC[C@@]3(C1)OC(=O)Nc1ccc(Cl)cc13)c1cc-2ccn1. The Bertz CT molecular complexity index is 1630. The van der Waals surface area contributed by atoms with Crippen LogP contribution in [0.3, 0.4) is 0 Å². The van der Waals surface area contributed by atoms with E-state index in [4.69, 9.17) is 21.1 Å². The van der Waals surface area contributed by atoms with Crippen LogP contribution in [0.4, 0.5) is 26.7 Å². The van der Waals surface area contributed by atoms with Crippen molar-refractivity contribution in [3.63, 3.8) is 0 Å². The van der Waals surface area contributed by atoms with Crippen molar-refractivity contribution in [2.75, 3.05) is 36.1 Å². The first-order valence-corrected chi connectivity index (χ1v) is 14.5. The zero-order valence-electron chi connectivity index (χ0n) is 23.4. The van der Waals surface area contributed by atoms with E-state index in [0.29, 0.717) is 60.0 Å². The van der Waals surface area contributed by atoms with Gasteiger partial charge in [-0.05, 0) is 60.9 Å². The number of hydrogen-bond acceptors (Lipinski definition) is 7. The van der Waals surface area contributed by atoms with E-state index < -0.39 is 23.7 Å². The molecule has 6 rings (SSSR count). The molecule has 4 heterocycles. The summed E-state index contributed by atoms with van der Waals surface area (Å²) in [5, 5.41) is 8.82. The number of hydrogen-bond donors (Lipinski definition) is 3. The third kappa shape index (κ3) is 5.72. The molecule has 0 unspecified atom stereocenters. The molecule has 222 valence electrons. The molecule has 12 heteroatoms. The molecule has 3 aliphatic heterocycles. The number of likely N-dealkylation sites (tertiary alicyclic amines) is 1. The molecule has 2 aromatic carbocycles. The molecule has 11 nitrogen and oxygen atoms in total. The van der Waals surface area contributed by atoms with Crippen molar-refractivity contribution in [1.29, 1.82) is 0 Å². The van der Waals surface area contributed by atoms with Crippen LogP contribution in [0, 0.1) is 0 Å². The highest BCUT2D eigenvalue weighted by Gasteiger charge is 2.49. The van der Waals surface area contributed by atoms with Gasteiger partial charge in [-0.25, -0.2) is 9.59 Å². The van der Waals surface area contributed by atoms with Gasteiger partial charge in [0.1, 0.15) is 0 Å². The lowest BCUT2D eigenvalue weighted by Crippen LogP contribution is -2.43. The van der Waals surface area contributed by atoms with Crippen molar-refractivity contribution >= 4 is 52.7 Å². The third-order valence-electron chi connectivity index (χ3n) is 8.16. The van der Waals surface area contributed by atoms with Crippen LogP contribution < -0.4 is 16.0 Å². The molecule has 1 fully saturated rings. The standard InChI is InChI=1S/C31H30ClN5O6/c1-42-29(40)34-20-7-8-21-18-10-12-33-25(14-18)22(4-2-3-5-27(38)35-26(21)16-20)28(39)37-13-11-31(17-37)23-15-19(32)6-9-24(23)36-30(41)43-31/h6-10,12,14-16,22H,2-5,11,13,17H2,1H3,(H,34,40)(H,35,38)(H,36,41)/t22-,31+/m1/s1. The summed E-state index contributed by atoms with van der Waals surface area (Å²) in [6.45, 7) is 0.597. The average molecular weight is 604 g/mol. The molecule has 3 aromatic rings. The number of nitrogens with one attached hydrogen (secondary N) is 3. The molecule has 1 spiro atoms. The van der Waals surface area contributed by atoms with Gasteiger partial charge < -0.3 is 19.7 Å². The van der Waals surface area contributed by atoms with Crippen molar-refractivity contribution < 1.29 is 28.7 Å². The summed E-state index contributed by atoms with van der Waals surface area (Å²) in [7, 11) is 1.27. The van der Waals surface area contributed by atoms with Gasteiger partial charge in [0.25, 0.3) is 0 Å². The number of benzene rings is 2. The topological polar surface area (TPSA) is 139 Å². The maximum Gasteiger partial charge on any atom is 0.412 e. The number of aromatic nitrogens is 1. The quantitative estimate of drug-likeness (QED) is 0.333. The average Bonchev–Trinajstić information content (AvgIpc) is 3.41. The summed E-state index contributed by atoms with van der Waals surface area (Å²) in [6, 6.07) is 14.1. The molecule has 4 amide bonds. The first-order chi connectivity index (χ1) is 20.7. The Kier molecular flexibility index (Phi) is 7.66. The predicted molar refractivity (Wildman–Crippen MR) is 160 cm³/mol. The van der Waals surface area contributed by atoms with E-state index in [1.54, 1.807) is 47.5 Å². The second-order valence-corrected chi connectivity index (χ2v) is 11.3. The number of nitrogens with zero attached hydrogens (tertiary/aromatic N) is 2. The van der Waals surface area contributed by atoms with E-state index in [-0.39, 0.29) is 24.8 Å². The number of carbonyl (C=O) groups excluding carboxylic acids is 4. The summed E-state index contributed by atoms with van der Waals surface area (Å²) in [5.74, 6) is -0.836. The second-order valence-electron chi connectivity index (χ2n) is 10.9. The maximum atomic E-state index is 14.2. The third-order valence-corrected chi connectivity index (χ3v) is 8.40. The van der Waals surface area contributed by atoms with E-state index in [9.17, 15) is 19.2 Å². The summed E-state index contributed by atoms with van der Waals surface area (Å²) in [5.41, 5.74) is 3.45. The van der Waals surface area contributed by atoms with Crippen LogP contribution in [-0.2, 0) is 24.7 Å². The number of methoxy groups -OCH3 is 1. The van der Waals surface area contributed by atoms with Crippen molar-refractivity contribution in [3.05, 3.63) is 71.0 Å². The number of amides is 4. The fraction of sp³-hybridized carbons (Fsp3) is 0.323. The van der Waals surface area contributed by atoms with Gasteiger partial charge in [-0.3, -0.25) is 25.2 Å². The van der Waals surface area contributed by atoms with Crippen LogP contribution in [0.1, 0.15) is 49.3 Å². The summed E-state index contributed by atoms with van der Waals surface area (Å²) >= 11 is 6.29. The lowest BCUT2D eigenvalue weighted by atomic mass is 9.89. The Balaban J connectivity index is 1.32. The number of halogens is 1. The van der Waals surface area contributed by atoms with Gasteiger partial charge in [0.2, 0.25) is 11.8 Å². The van der Waals surface area contributed by atoms with Gasteiger partial charge in [-0.15, -0.1) is 0 Å². The Morgan fingerprint density at radius 3 is 2.79 bits per heavy atom. The zero-order chi connectivity index (χ0) is 30.1. The van der Waals surface area contributed by atoms with Crippen molar-refractivity contribution in [2.45, 2.75) is 43.6 Å². The normalized spacial score (nSPS) is 21.3. The fourth-order valence-electron chi connectivity index (χ4n) is 6.06. The van der Waals surface area contributed by atoms with E-state index in [1.807, 2.05) is 12.1 Å². The highest BCUT2D eigenvalue weighted by atomic mass is 35.5. The summed E-state index contributed by atoms with van der Waals surface area (Å²) in [6.07, 6.45) is 2.88. The smallest absolute Gasteiger partial charge is 0.412 e. The molecule has 0 aliphatic carbocycles. The molecule has 3 aliphatic rings. The summed E-state index contributed by atoms with van der Waals surface area (Å²) in [4.78, 5) is 57.6. The number of fused-ring (bicyclic) bond motifs is 6. The van der Waals surface area contributed by atoms with Gasteiger partial charge in [0, 0.05) is 47.4 Å². The van der Waals surface area contributed by atoms with Gasteiger partial charge in [-0.2, -0.15) is 0 Å². The number of anilines is 3. The second kappa shape index (κ2) is 11.6. The minimum absolute atomic E-state index is 0.112. The molecule has 2 bridgehead atoms. The van der Waals surface area contributed by atoms with E-state index in [1.165, 1.54) is 7.11 Å². The first-order valence-electron chi connectivity index (χ1n) is 14.1. The van der Waals surface area contributed by atoms with E-state index >= 15 is 0 Å². The van der Waals surface area contributed by atoms with Crippen LogP contribution in [0.5, 0.6) is 0 Å². The Hall–Kier alpha value is -4.64. The fourth-order valence-corrected chi connectivity index (χ4v) is 6.23. The minimum atomic E-state index is -0.994. The molecular formula is C31H30ClN5O6. The molecule has 3 N–H and O–H groups in total. The predicted octanol–water partition coefficient (Wildman–Crippen LogP) is 5.87. The van der Waals surface area contributed by atoms with Crippen LogP contribution in [0.15, 0.2) is 54.7 Å². The molecule has 0 radical (unpaired) electrons. The summed E-state index contributed by atoms with van der Waals surface area (Å²) < 4.78 is 10.5. The zero-order valence-corrected chi connectivity index (χ0v) is 24.2. The van der Waals surface area contributed by atoms with E-state index in [0.717, 1.165) is 16.7 Å². The Morgan fingerprint density at radius 2 is 1.95 bits per heavy atom. The van der Waals surface area contributed by atoms with Gasteiger partial charge in [-0.1, -0.05) is 24.1 Å². The first kappa shape index (κ1) is 28.5. The van der Waals surface area contributed by atoms with Crippen molar-refractivity contribution in [1.82, 2.24) is 9.88 Å². The number of carbonyl (C=O) groups is 4. The lowest BCUT2D eigenvalue weighted by molar-refractivity contribution is -0.133. The molecule has 1 saturated heterocycles. The molecular weight excluding hydrogens is 574 g/mol. The molecule has 1 aromatic heterocycles. The van der Waals surface area contributed by atoms with E-state index in [2.05, 4.69) is 20.9 Å².